The third-order valence-electron chi connectivity index (χ3n) is 4.91. The highest BCUT2D eigenvalue weighted by atomic mass is 32.2. The summed E-state index contributed by atoms with van der Waals surface area (Å²) in [5.74, 6) is -0.640. The van der Waals surface area contributed by atoms with Crippen LogP contribution in [-0.4, -0.2) is 31.6 Å². The number of aromatic amines is 1. The van der Waals surface area contributed by atoms with Gasteiger partial charge in [0.2, 0.25) is 15.9 Å². The highest BCUT2D eigenvalue weighted by Crippen LogP contribution is 2.41. The molecule has 0 aliphatic rings. The highest BCUT2D eigenvalue weighted by molar-refractivity contribution is 7.89. The van der Waals surface area contributed by atoms with Crippen LogP contribution in [-0.2, 0) is 26.4 Å². The van der Waals surface area contributed by atoms with E-state index in [1.807, 2.05) is 0 Å². The minimum Gasteiger partial charge on any atom is -0.358 e. The number of hydrogen-bond donors (Lipinski definition) is 3. The summed E-state index contributed by atoms with van der Waals surface area (Å²) < 4.78 is 63.1. The standard InChI is InChI=1S/C20H19F3N4O3S/c1-12-4-3-5-14(10-12)19(18(28)25-2,16-11-17(27-26-16)20(21,22)23)13-6-8-15(9-7-13)31(24,29)30/h3-11H,1-2H3,(H,25,28)(H,26,27)(H2,24,29,30). The number of halogens is 3. The average Bonchev–Trinajstić information content (AvgIpc) is 3.19. The number of aromatic nitrogens is 2. The van der Waals surface area contributed by atoms with E-state index in [4.69, 9.17) is 5.14 Å². The van der Waals surface area contributed by atoms with Crippen LogP contribution in [0.5, 0.6) is 0 Å². The van der Waals surface area contributed by atoms with E-state index < -0.39 is 33.2 Å². The molecule has 1 amide bonds. The van der Waals surface area contributed by atoms with Gasteiger partial charge in [0.15, 0.2) is 5.69 Å². The fourth-order valence-electron chi connectivity index (χ4n) is 3.48. The number of alkyl halides is 3. The first-order chi connectivity index (χ1) is 14.4. The molecule has 0 radical (unpaired) electrons. The minimum atomic E-state index is -4.73. The zero-order valence-corrected chi connectivity index (χ0v) is 17.3. The van der Waals surface area contributed by atoms with Crippen LogP contribution >= 0.6 is 0 Å². The molecule has 1 unspecified atom stereocenters. The van der Waals surface area contributed by atoms with Gasteiger partial charge < -0.3 is 5.32 Å². The van der Waals surface area contributed by atoms with Crippen molar-refractivity contribution in [2.24, 2.45) is 5.14 Å². The Labute approximate surface area is 176 Å². The number of nitrogens with zero attached hydrogens (tertiary/aromatic N) is 1. The van der Waals surface area contributed by atoms with E-state index in [-0.39, 0.29) is 16.2 Å². The summed E-state index contributed by atoms with van der Waals surface area (Å²) in [5, 5.41) is 13.4. The number of aryl methyl sites for hydroxylation is 1. The molecule has 4 N–H and O–H groups in total. The Hall–Kier alpha value is -3.18. The maximum atomic E-state index is 13.3. The number of rotatable bonds is 5. The number of nitrogens with two attached hydrogens (primary N) is 1. The van der Waals surface area contributed by atoms with Gasteiger partial charge in [-0.2, -0.15) is 18.3 Å². The van der Waals surface area contributed by atoms with Gasteiger partial charge in [0, 0.05) is 7.05 Å². The van der Waals surface area contributed by atoms with Crippen molar-refractivity contribution in [1.82, 2.24) is 15.5 Å². The summed E-state index contributed by atoms with van der Waals surface area (Å²) in [5.41, 5.74) is -1.73. The predicted octanol–water partition coefficient (Wildman–Crippen LogP) is 2.46. The van der Waals surface area contributed by atoms with Crippen molar-refractivity contribution in [3.05, 3.63) is 82.7 Å². The summed E-state index contributed by atoms with van der Waals surface area (Å²) in [6, 6.07) is 12.5. The molecule has 0 fully saturated rings. The highest BCUT2D eigenvalue weighted by Gasteiger charge is 2.47. The molecule has 0 bridgehead atoms. The lowest BCUT2D eigenvalue weighted by Crippen LogP contribution is -2.45. The van der Waals surface area contributed by atoms with Crippen LogP contribution in [0.4, 0.5) is 13.2 Å². The Morgan fingerprint density at radius 1 is 1.06 bits per heavy atom. The third kappa shape index (κ3) is 4.06. The molecule has 31 heavy (non-hydrogen) atoms. The lowest BCUT2D eigenvalue weighted by Gasteiger charge is -2.32. The molecular formula is C20H19F3N4O3S. The van der Waals surface area contributed by atoms with Gasteiger partial charge in [-0.25, -0.2) is 13.6 Å². The van der Waals surface area contributed by atoms with Crippen LogP contribution in [0.3, 0.4) is 0 Å². The predicted molar refractivity (Wildman–Crippen MR) is 107 cm³/mol. The van der Waals surface area contributed by atoms with Crippen LogP contribution in [0.2, 0.25) is 0 Å². The van der Waals surface area contributed by atoms with Gasteiger partial charge >= 0.3 is 6.18 Å². The Balaban J connectivity index is 2.38. The number of H-pyrrole nitrogens is 1. The summed E-state index contributed by atoms with van der Waals surface area (Å²) in [4.78, 5) is 13.1. The molecule has 0 spiro atoms. The summed E-state index contributed by atoms with van der Waals surface area (Å²) >= 11 is 0. The smallest absolute Gasteiger partial charge is 0.358 e. The number of sulfonamides is 1. The first-order valence-corrected chi connectivity index (χ1v) is 10.5. The second kappa shape index (κ2) is 7.82. The van der Waals surface area contributed by atoms with Crippen molar-refractivity contribution in [3.8, 4) is 0 Å². The average molecular weight is 452 g/mol. The van der Waals surface area contributed by atoms with Crippen molar-refractivity contribution in [3.63, 3.8) is 0 Å². The van der Waals surface area contributed by atoms with E-state index in [0.29, 0.717) is 5.56 Å². The summed E-state index contributed by atoms with van der Waals surface area (Å²) in [6.45, 7) is 1.77. The molecule has 11 heteroatoms. The van der Waals surface area contributed by atoms with Gasteiger partial charge in [-0.15, -0.1) is 0 Å². The topological polar surface area (TPSA) is 118 Å². The molecule has 1 atom stereocenters. The van der Waals surface area contributed by atoms with Crippen LogP contribution in [0.25, 0.3) is 0 Å². The molecule has 0 saturated carbocycles. The van der Waals surface area contributed by atoms with Gasteiger partial charge in [0.1, 0.15) is 5.41 Å². The maximum absolute atomic E-state index is 13.3. The molecule has 2 aromatic carbocycles. The molecule has 3 rings (SSSR count). The van der Waals surface area contributed by atoms with Gasteiger partial charge in [0.25, 0.3) is 0 Å². The quantitative estimate of drug-likeness (QED) is 0.551. The number of hydrogen-bond acceptors (Lipinski definition) is 4. The fraction of sp³-hybridized carbons (Fsp3) is 0.200. The van der Waals surface area contributed by atoms with Crippen LogP contribution in [0.15, 0.2) is 59.5 Å². The zero-order valence-electron chi connectivity index (χ0n) is 16.5. The number of likely N-dealkylation sites (N-methyl/N-ethyl adjacent to an activating group) is 1. The zero-order chi connectivity index (χ0) is 23.0. The van der Waals surface area contributed by atoms with Crippen molar-refractivity contribution < 1.29 is 26.4 Å². The SMILES string of the molecule is CNC(=O)C(c1ccc(S(N)(=O)=O)cc1)(c1cccc(C)c1)c1cc(C(F)(F)F)n[nH]1. The molecule has 1 aromatic heterocycles. The molecule has 1 heterocycles. The number of primary sulfonamides is 1. The first kappa shape index (κ1) is 22.5. The van der Waals surface area contributed by atoms with E-state index in [1.54, 1.807) is 31.2 Å². The number of nitrogens with one attached hydrogen (secondary N) is 2. The monoisotopic (exact) mass is 452 g/mol. The molecule has 3 aromatic rings. The number of carbonyl (C=O) groups is 1. The molecule has 164 valence electrons. The Bertz CT molecular complexity index is 1220. The van der Waals surface area contributed by atoms with E-state index in [2.05, 4.69) is 15.5 Å². The molecule has 7 nitrogen and oxygen atoms in total. The van der Waals surface area contributed by atoms with Crippen LogP contribution in [0, 0.1) is 6.92 Å². The normalized spacial score (nSPS) is 14.1. The van der Waals surface area contributed by atoms with Crippen molar-refractivity contribution in [2.45, 2.75) is 23.4 Å². The van der Waals surface area contributed by atoms with Gasteiger partial charge in [-0.05, 0) is 36.2 Å². The van der Waals surface area contributed by atoms with Gasteiger partial charge in [0.05, 0.1) is 10.6 Å². The number of amides is 1. The van der Waals surface area contributed by atoms with Crippen molar-refractivity contribution in [1.29, 1.82) is 0 Å². The maximum Gasteiger partial charge on any atom is 0.435 e. The first-order valence-electron chi connectivity index (χ1n) is 8.96. The largest absolute Gasteiger partial charge is 0.435 e. The Morgan fingerprint density at radius 3 is 2.19 bits per heavy atom. The second-order valence-electron chi connectivity index (χ2n) is 6.93. The molecule has 0 aliphatic heterocycles. The fourth-order valence-corrected chi connectivity index (χ4v) is 4.00. The summed E-state index contributed by atoms with van der Waals surface area (Å²) in [7, 11) is -2.66. The van der Waals surface area contributed by atoms with Crippen LogP contribution in [0.1, 0.15) is 28.1 Å². The van der Waals surface area contributed by atoms with E-state index in [1.165, 1.54) is 31.3 Å². The molecule has 0 saturated heterocycles. The van der Waals surface area contributed by atoms with Gasteiger partial charge in [-0.3, -0.25) is 9.89 Å². The third-order valence-corrected chi connectivity index (χ3v) is 5.84. The Kier molecular flexibility index (Phi) is 5.68. The number of carbonyl (C=O) groups excluding carboxylic acids is 1. The lowest BCUT2D eigenvalue weighted by molar-refractivity contribution is -0.141. The molecular weight excluding hydrogens is 433 g/mol. The minimum absolute atomic E-state index is 0.131. The van der Waals surface area contributed by atoms with Crippen LogP contribution < -0.4 is 10.5 Å². The summed E-state index contributed by atoms with van der Waals surface area (Å²) in [6.07, 6.45) is -4.73. The van der Waals surface area contributed by atoms with E-state index in [9.17, 15) is 26.4 Å². The van der Waals surface area contributed by atoms with E-state index in [0.717, 1.165) is 11.6 Å². The second-order valence-corrected chi connectivity index (χ2v) is 8.49. The van der Waals surface area contributed by atoms with Crippen molar-refractivity contribution >= 4 is 15.9 Å². The number of benzene rings is 2. The van der Waals surface area contributed by atoms with Crippen molar-refractivity contribution in [2.75, 3.05) is 7.05 Å². The lowest BCUT2D eigenvalue weighted by atomic mass is 9.70. The Morgan fingerprint density at radius 2 is 1.71 bits per heavy atom. The molecule has 0 aliphatic carbocycles. The van der Waals surface area contributed by atoms with Gasteiger partial charge in [-0.1, -0.05) is 42.0 Å². The van der Waals surface area contributed by atoms with E-state index >= 15 is 0 Å².